The van der Waals surface area contributed by atoms with Crippen LogP contribution < -0.4 is 10.6 Å². The zero-order chi connectivity index (χ0) is 31.3. The van der Waals surface area contributed by atoms with E-state index in [4.69, 9.17) is 9.47 Å². The first kappa shape index (κ1) is 35.3. The number of benzene rings is 2. The van der Waals surface area contributed by atoms with Crippen molar-refractivity contribution in [3.05, 3.63) is 71.8 Å². The second-order valence-corrected chi connectivity index (χ2v) is 10.8. The van der Waals surface area contributed by atoms with Gasteiger partial charge in [-0.3, -0.25) is 9.69 Å². The minimum atomic E-state index is -0.965. The maximum atomic E-state index is 12.7. The maximum Gasteiger partial charge on any atom is 0.407 e. The van der Waals surface area contributed by atoms with Crippen molar-refractivity contribution in [1.82, 2.24) is 15.5 Å². The molecule has 0 aliphatic carbocycles. The van der Waals surface area contributed by atoms with E-state index in [0.29, 0.717) is 32.5 Å². The minimum absolute atomic E-state index is 0.0760. The summed E-state index contributed by atoms with van der Waals surface area (Å²) in [5.74, 6) is -0.889. The molecule has 2 aromatic carbocycles. The van der Waals surface area contributed by atoms with Gasteiger partial charge in [0.2, 0.25) is 0 Å². The summed E-state index contributed by atoms with van der Waals surface area (Å²) in [7, 11) is 0. The van der Waals surface area contributed by atoms with Crippen LogP contribution in [0.2, 0.25) is 0 Å². The first-order valence-electron chi connectivity index (χ1n) is 15.1. The van der Waals surface area contributed by atoms with Crippen molar-refractivity contribution in [3.8, 4) is 0 Å². The molecule has 0 unspecified atom stereocenters. The van der Waals surface area contributed by atoms with Crippen molar-refractivity contribution in [1.29, 1.82) is 0 Å². The van der Waals surface area contributed by atoms with Crippen LogP contribution in [-0.4, -0.2) is 65.7 Å². The molecule has 0 heterocycles. The van der Waals surface area contributed by atoms with Crippen molar-refractivity contribution in [2.24, 2.45) is 0 Å². The molecule has 2 amide bonds. The van der Waals surface area contributed by atoms with Crippen LogP contribution in [0.5, 0.6) is 0 Å². The van der Waals surface area contributed by atoms with Gasteiger partial charge in [0.1, 0.15) is 19.0 Å². The number of unbranched alkanes of at least 4 members (excludes halogenated alkanes) is 2. The van der Waals surface area contributed by atoms with Crippen LogP contribution in [0.1, 0.15) is 76.3 Å². The SMILES string of the molecule is CCCCC[C@@H](CN(CCCC(C)=O)C[C@H](CCC(=O)O)NC(=O)OCc1ccccc1)NC(=O)OCc1ccccc1. The molecule has 0 bridgehead atoms. The third-order valence-electron chi connectivity index (χ3n) is 6.89. The Morgan fingerprint density at radius 1 is 0.744 bits per heavy atom. The van der Waals surface area contributed by atoms with Gasteiger partial charge in [-0.25, -0.2) is 9.59 Å². The Morgan fingerprint density at radius 2 is 1.26 bits per heavy atom. The van der Waals surface area contributed by atoms with E-state index in [1.165, 1.54) is 0 Å². The number of ketones is 1. The molecular formula is C33H47N3O7. The number of nitrogens with one attached hydrogen (secondary N) is 2. The molecule has 236 valence electrons. The molecule has 0 spiro atoms. The number of nitrogens with zero attached hydrogens (tertiary/aromatic N) is 1. The zero-order valence-electron chi connectivity index (χ0n) is 25.5. The van der Waals surface area contributed by atoms with Gasteiger partial charge in [0, 0.05) is 38.0 Å². The summed E-state index contributed by atoms with van der Waals surface area (Å²) in [6.45, 7) is 5.22. The Morgan fingerprint density at radius 3 is 1.72 bits per heavy atom. The number of carboxylic acids is 1. The highest BCUT2D eigenvalue weighted by molar-refractivity contribution is 5.75. The summed E-state index contributed by atoms with van der Waals surface area (Å²) < 4.78 is 10.9. The van der Waals surface area contributed by atoms with Gasteiger partial charge < -0.3 is 30.0 Å². The van der Waals surface area contributed by atoms with Crippen LogP contribution >= 0.6 is 0 Å². The monoisotopic (exact) mass is 597 g/mol. The van der Waals surface area contributed by atoms with E-state index in [-0.39, 0.29) is 37.9 Å². The van der Waals surface area contributed by atoms with Crippen LogP contribution in [0.3, 0.4) is 0 Å². The average molecular weight is 598 g/mol. The smallest absolute Gasteiger partial charge is 0.407 e. The Kier molecular flexibility index (Phi) is 17.1. The quantitative estimate of drug-likeness (QED) is 0.156. The fourth-order valence-electron chi connectivity index (χ4n) is 4.65. The van der Waals surface area contributed by atoms with Crippen LogP contribution in [0.15, 0.2) is 60.7 Å². The van der Waals surface area contributed by atoms with Gasteiger partial charge in [-0.1, -0.05) is 86.8 Å². The molecule has 3 N–H and O–H groups in total. The predicted octanol–water partition coefficient (Wildman–Crippen LogP) is 5.69. The number of aliphatic carboxylic acids is 1. The molecule has 0 aliphatic heterocycles. The van der Waals surface area contributed by atoms with Gasteiger partial charge in [0.25, 0.3) is 0 Å². The molecule has 10 heteroatoms. The summed E-state index contributed by atoms with van der Waals surface area (Å²) in [5.41, 5.74) is 1.73. The Hall–Kier alpha value is -3.92. The first-order valence-corrected chi connectivity index (χ1v) is 15.1. The molecule has 10 nitrogen and oxygen atoms in total. The highest BCUT2D eigenvalue weighted by atomic mass is 16.6. The molecule has 2 rings (SSSR count). The van der Waals surface area contributed by atoms with E-state index < -0.39 is 24.2 Å². The fraction of sp³-hybridized carbons (Fsp3) is 0.515. The normalized spacial score (nSPS) is 12.3. The van der Waals surface area contributed by atoms with E-state index in [1.807, 2.05) is 60.7 Å². The Balaban J connectivity index is 2.09. The van der Waals surface area contributed by atoms with Crippen LogP contribution in [-0.2, 0) is 32.3 Å². The lowest BCUT2D eigenvalue weighted by atomic mass is 10.1. The Labute approximate surface area is 255 Å². The topological polar surface area (TPSA) is 134 Å². The maximum absolute atomic E-state index is 12.7. The van der Waals surface area contributed by atoms with Gasteiger partial charge in [0.15, 0.2) is 0 Å². The number of ether oxygens (including phenoxy) is 2. The Bertz CT molecular complexity index is 1100. The second-order valence-electron chi connectivity index (χ2n) is 10.8. The van der Waals surface area contributed by atoms with Gasteiger partial charge >= 0.3 is 18.2 Å². The van der Waals surface area contributed by atoms with E-state index in [0.717, 1.165) is 36.8 Å². The summed E-state index contributed by atoms with van der Waals surface area (Å²) >= 11 is 0. The lowest BCUT2D eigenvalue weighted by molar-refractivity contribution is -0.137. The van der Waals surface area contributed by atoms with Gasteiger partial charge in [-0.05, 0) is 43.9 Å². The third-order valence-corrected chi connectivity index (χ3v) is 6.89. The van der Waals surface area contributed by atoms with Crippen LogP contribution in [0.25, 0.3) is 0 Å². The highest BCUT2D eigenvalue weighted by Gasteiger charge is 2.23. The molecule has 2 aromatic rings. The summed E-state index contributed by atoms with van der Waals surface area (Å²) in [4.78, 5) is 50.5. The molecule has 0 aromatic heterocycles. The average Bonchev–Trinajstić information content (AvgIpc) is 2.98. The molecule has 0 radical (unpaired) electrons. The van der Waals surface area contributed by atoms with Crippen molar-refractivity contribution in [2.75, 3.05) is 19.6 Å². The fourth-order valence-corrected chi connectivity index (χ4v) is 4.65. The minimum Gasteiger partial charge on any atom is -0.481 e. The zero-order valence-corrected chi connectivity index (χ0v) is 25.5. The molecule has 0 fully saturated rings. The number of amides is 2. The summed E-state index contributed by atoms with van der Waals surface area (Å²) in [5, 5.41) is 15.2. The highest BCUT2D eigenvalue weighted by Crippen LogP contribution is 2.11. The van der Waals surface area contributed by atoms with E-state index in [1.54, 1.807) is 6.92 Å². The van der Waals surface area contributed by atoms with Gasteiger partial charge in [-0.15, -0.1) is 0 Å². The lowest BCUT2D eigenvalue weighted by Gasteiger charge is -2.31. The number of hydrogen-bond donors (Lipinski definition) is 3. The number of carbonyl (C=O) groups is 4. The molecule has 0 aliphatic rings. The van der Waals surface area contributed by atoms with Crippen molar-refractivity contribution < 1.29 is 33.8 Å². The second kappa shape index (κ2) is 20.9. The van der Waals surface area contributed by atoms with Crippen LogP contribution in [0, 0.1) is 0 Å². The molecular weight excluding hydrogens is 550 g/mol. The number of hydrogen-bond acceptors (Lipinski definition) is 7. The predicted molar refractivity (Wildman–Crippen MR) is 164 cm³/mol. The van der Waals surface area contributed by atoms with E-state index in [9.17, 15) is 24.3 Å². The number of rotatable bonds is 21. The largest absolute Gasteiger partial charge is 0.481 e. The molecule has 2 atom stereocenters. The number of carboxylic acid groups (broad SMARTS) is 1. The molecule has 43 heavy (non-hydrogen) atoms. The van der Waals surface area contributed by atoms with Crippen molar-refractivity contribution in [2.45, 2.75) is 90.5 Å². The summed E-state index contributed by atoms with van der Waals surface area (Å²) in [6.07, 6.45) is 3.59. The number of carbonyl (C=O) groups excluding carboxylic acids is 3. The van der Waals surface area contributed by atoms with Gasteiger partial charge in [-0.2, -0.15) is 0 Å². The molecule has 0 saturated carbocycles. The number of Topliss-reactive ketones (excluding diaryl/α,β-unsaturated/α-hetero) is 1. The number of alkyl carbamates (subject to hydrolysis) is 2. The van der Waals surface area contributed by atoms with Crippen LogP contribution in [0.4, 0.5) is 9.59 Å². The van der Waals surface area contributed by atoms with Crippen molar-refractivity contribution >= 4 is 23.9 Å². The standard InChI is InChI=1S/C33H47N3O7/c1-3-4-7-18-29(34-32(40)42-24-27-14-8-5-9-15-27)22-36(21-12-13-26(2)37)23-30(19-20-31(38)39)35-33(41)43-25-28-16-10-6-11-17-28/h5-6,8-11,14-17,29-30H,3-4,7,12-13,18-25H2,1-2H3,(H,34,40)(H,35,41)(H,38,39)/t29-,30-/m0/s1. The first-order chi connectivity index (χ1) is 20.7. The van der Waals surface area contributed by atoms with E-state index in [2.05, 4.69) is 22.5 Å². The third kappa shape index (κ3) is 16.9. The van der Waals surface area contributed by atoms with Gasteiger partial charge in [0.05, 0.1) is 0 Å². The van der Waals surface area contributed by atoms with E-state index >= 15 is 0 Å². The molecule has 0 saturated heterocycles. The lowest BCUT2D eigenvalue weighted by Crippen LogP contribution is -2.49. The van der Waals surface area contributed by atoms with Crippen molar-refractivity contribution in [3.63, 3.8) is 0 Å². The summed E-state index contributed by atoms with van der Waals surface area (Å²) in [6, 6.07) is 18.0.